The number of hydrogen-bond acceptors (Lipinski definition) is 2. The molecule has 1 N–H and O–H groups in total. The molecule has 0 radical (unpaired) electrons. The predicted octanol–water partition coefficient (Wildman–Crippen LogP) is 5.67. The highest BCUT2D eigenvalue weighted by molar-refractivity contribution is 5.98. The Bertz CT molecular complexity index is 1430. The van der Waals surface area contributed by atoms with E-state index < -0.39 is 0 Å². The van der Waals surface area contributed by atoms with E-state index in [1.54, 1.807) is 12.1 Å². The molecule has 1 amide bonds. The number of imidazole rings is 1. The molecular formula is C27H23FN4O. The number of nitrogens with zero attached hydrogens (tertiary/aromatic N) is 3. The van der Waals surface area contributed by atoms with Crippen LogP contribution in [-0.4, -0.2) is 38.4 Å². The normalized spacial score (nSPS) is 14.9. The lowest BCUT2D eigenvalue weighted by Gasteiger charge is -2.31. The molecular weight excluding hydrogens is 415 g/mol. The first-order valence-electron chi connectivity index (χ1n) is 11.3. The lowest BCUT2D eigenvalue weighted by atomic mass is 9.95. The number of fused-ring (bicyclic) bond motifs is 2. The Morgan fingerprint density at radius 1 is 0.970 bits per heavy atom. The second-order valence-corrected chi connectivity index (χ2v) is 8.64. The van der Waals surface area contributed by atoms with Crippen molar-refractivity contribution in [3.63, 3.8) is 0 Å². The summed E-state index contributed by atoms with van der Waals surface area (Å²) in [5.41, 5.74) is 4.63. The van der Waals surface area contributed by atoms with E-state index in [1.165, 1.54) is 12.1 Å². The smallest absolute Gasteiger partial charge is 0.253 e. The van der Waals surface area contributed by atoms with Crippen LogP contribution < -0.4 is 0 Å². The van der Waals surface area contributed by atoms with Crippen molar-refractivity contribution in [2.75, 3.05) is 13.1 Å². The number of H-pyrrole nitrogens is 1. The summed E-state index contributed by atoms with van der Waals surface area (Å²) in [6.45, 7) is 1.43. The number of benzene rings is 3. The molecule has 0 spiro atoms. The van der Waals surface area contributed by atoms with Crippen LogP contribution in [0.1, 0.15) is 34.9 Å². The van der Waals surface area contributed by atoms with Crippen LogP contribution in [0.3, 0.4) is 0 Å². The van der Waals surface area contributed by atoms with Crippen LogP contribution in [0.4, 0.5) is 4.39 Å². The number of para-hydroxylation sites is 2. The molecule has 164 valence electrons. The summed E-state index contributed by atoms with van der Waals surface area (Å²) in [5, 5.41) is 0.988. The number of nitrogens with one attached hydrogen (secondary N) is 1. The lowest BCUT2D eigenvalue weighted by molar-refractivity contribution is 0.0711. The Labute approximate surface area is 190 Å². The molecule has 6 heteroatoms. The maximum atomic E-state index is 13.3. The molecule has 0 atom stereocenters. The van der Waals surface area contributed by atoms with E-state index in [4.69, 9.17) is 4.98 Å². The third-order valence-corrected chi connectivity index (χ3v) is 6.62. The summed E-state index contributed by atoms with van der Waals surface area (Å²) >= 11 is 0. The molecule has 1 fully saturated rings. The van der Waals surface area contributed by atoms with E-state index in [0.717, 1.165) is 59.4 Å². The Morgan fingerprint density at radius 3 is 2.55 bits per heavy atom. The molecule has 33 heavy (non-hydrogen) atoms. The minimum Gasteiger partial charge on any atom is -0.342 e. The summed E-state index contributed by atoms with van der Waals surface area (Å²) in [6, 6.07) is 22.3. The van der Waals surface area contributed by atoms with Crippen molar-refractivity contribution >= 4 is 27.8 Å². The van der Waals surface area contributed by atoms with E-state index in [1.807, 2.05) is 64.2 Å². The van der Waals surface area contributed by atoms with E-state index in [2.05, 4.69) is 4.98 Å². The van der Waals surface area contributed by atoms with Gasteiger partial charge in [-0.3, -0.25) is 4.79 Å². The number of hydrogen-bond donors (Lipinski definition) is 1. The average Bonchev–Trinajstić information content (AvgIpc) is 3.48. The quantitative estimate of drug-likeness (QED) is 0.395. The number of carbonyl (C=O) groups is 1. The maximum absolute atomic E-state index is 13.3. The molecule has 3 aromatic carbocycles. The summed E-state index contributed by atoms with van der Waals surface area (Å²) < 4.78 is 15.3. The van der Waals surface area contributed by atoms with Gasteiger partial charge in [0.2, 0.25) is 0 Å². The number of aromatic amines is 1. The first kappa shape index (κ1) is 19.7. The third-order valence-electron chi connectivity index (χ3n) is 6.62. The van der Waals surface area contributed by atoms with Crippen molar-refractivity contribution in [2.24, 2.45) is 0 Å². The number of likely N-dealkylation sites (tertiary alicyclic amines) is 1. The summed E-state index contributed by atoms with van der Waals surface area (Å²) in [7, 11) is 0. The van der Waals surface area contributed by atoms with Gasteiger partial charge in [-0.2, -0.15) is 0 Å². The van der Waals surface area contributed by atoms with Gasteiger partial charge in [-0.1, -0.05) is 12.1 Å². The fourth-order valence-electron chi connectivity index (χ4n) is 4.81. The van der Waals surface area contributed by atoms with Gasteiger partial charge in [0.15, 0.2) is 0 Å². The highest BCUT2D eigenvalue weighted by atomic mass is 19.1. The van der Waals surface area contributed by atoms with Crippen LogP contribution in [0, 0.1) is 5.82 Å². The summed E-state index contributed by atoms with van der Waals surface area (Å²) in [6.07, 6.45) is 3.74. The van der Waals surface area contributed by atoms with Crippen LogP contribution in [0.15, 0.2) is 79.0 Å². The minimum atomic E-state index is -0.257. The monoisotopic (exact) mass is 438 g/mol. The van der Waals surface area contributed by atoms with Gasteiger partial charge < -0.3 is 14.5 Å². The maximum Gasteiger partial charge on any atom is 0.253 e. The van der Waals surface area contributed by atoms with E-state index in [-0.39, 0.29) is 11.7 Å². The highest BCUT2D eigenvalue weighted by Crippen LogP contribution is 2.29. The van der Waals surface area contributed by atoms with Crippen LogP contribution >= 0.6 is 0 Å². The fraction of sp³-hybridized carbons (Fsp3) is 0.185. The Morgan fingerprint density at radius 2 is 1.76 bits per heavy atom. The number of aromatic nitrogens is 3. The number of halogens is 1. The van der Waals surface area contributed by atoms with Gasteiger partial charge in [-0.25, -0.2) is 9.37 Å². The standard InChI is InChI=1S/C27H23FN4O/c28-21-6-8-22(9-7-21)32-16-13-19-17-20(5-10-25(19)32)27(33)31-14-11-18(12-15-31)26-29-23-3-1-2-4-24(23)30-26/h1-10,13,16-18H,11-12,14-15H2,(H,29,30). The molecule has 1 saturated heterocycles. The molecule has 2 aromatic heterocycles. The highest BCUT2D eigenvalue weighted by Gasteiger charge is 2.26. The third kappa shape index (κ3) is 3.57. The minimum absolute atomic E-state index is 0.0643. The van der Waals surface area contributed by atoms with Crippen molar-refractivity contribution < 1.29 is 9.18 Å². The first-order valence-corrected chi connectivity index (χ1v) is 11.3. The van der Waals surface area contributed by atoms with Crippen molar-refractivity contribution in [3.8, 4) is 5.69 Å². The van der Waals surface area contributed by atoms with Crippen molar-refractivity contribution in [1.29, 1.82) is 0 Å². The molecule has 0 aliphatic carbocycles. The van der Waals surface area contributed by atoms with E-state index in [0.29, 0.717) is 11.5 Å². The average molecular weight is 439 g/mol. The van der Waals surface area contributed by atoms with Gasteiger partial charge in [-0.15, -0.1) is 0 Å². The molecule has 5 nitrogen and oxygen atoms in total. The SMILES string of the molecule is O=C(c1ccc2c(ccn2-c2ccc(F)cc2)c1)N1CCC(c2nc3ccccc3[nH]2)CC1. The summed E-state index contributed by atoms with van der Waals surface area (Å²) in [4.78, 5) is 23.3. The largest absolute Gasteiger partial charge is 0.342 e. The van der Waals surface area contributed by atoms with Gasteiger partial charge in [-0.05, 0) is 73.5 Å². The fourth-order valence-corrected chi connectivity index (χ4v) is 4.81. The Kier molecular flexibility index (Phi) is 4.72. The topological polar surface area (TPSA) is 53.9 Å². The molecule has 0 bridgehead atoms. The van der Waals surface area contributed by atoms with Crippen LogP contribution in [0.2, 0.25) is 0 Å². The van der Waals surface area contributed by atoms with Crippen molar-refractivity contribution in [3.05, 3.63) is 96.2 Å². The second kappa shape index (κ2) is 7.89. The number of amides is 1. The zero-order valence-electron chi connectivity index (χ0n) is 18.0. The predicted molar refractivity (Wildman–Crippen MR) is 127 cm³/mol. The molecule has 0 saturated carbocycles. The lowest BCUT2D eigenvalue weighted by Crippen LogP contribution is -2.38. The second-order valence-electron chi connectivity index (χ2n) is 8.64. The van der Waals surface area contributed by atoms with Gasteiger partial charge in [0.25, 0.3) is 5.91 Å². The van der Waals surface area contributed by atoms with Crippen LogP contribution in [0.5, 0.6) is 0 Å². The molecule has 6 rings (SSSR count). The van der Waals surface area contributed by atoms with Crippen molar-refractivity contribution in [2.45, 2.75) is 18.8 Å². The zero-order valence-corrected chi connectivity index (χ0v) is 18.0. The molecule has 1 aliphatic heterocycles. The van der Waals surface area contributed by atoms with E-state index >= 15 is 0 Å². The first-order chi connectivity index (χ1) is 16.2. The molecule has 1 aliphatic rings. The molecule has 3 heterocycles. The summed E-state index contributed by atoms with van der Waals surface area (Å²) in [5.74, 6) is 1.17. The van der Waals surface area contributed by atoms with Gasteiger partial charge >= 0.3 is 0 Å². The molecule has 5 aromatic rings. The van der Waals surface area contributed by atoms with Crippen LogP contribution in [0.25, 0.3) is 27.6 Å². The van der Waals surface area contributed by atoms with Gasteiger partial charge in [0.1, 0.15) is 11.6 Å². The van der Waals surface area contributed by atoms with Crippen LogP contribution in [-0.2, 0) is 0 Å². The van der Waals surface area contributed by atoms with E-state index in [9.17, 15) is 9.18 Å². The number of rotatable bonds is 3. The van der Waals surface area contributed by atoms with Gasteiger partial charge in [0, 0.05) is 41.8 Å². The Hall–Kier alpha value is -3.93. The number of piperidine rings is 1. The van der Waals surface area contributed by atoms with Crippen molar-refractivity contribution in [1.82, 2.24) is 19.4 Å². The zero-order chi connectivity index (χ0) is 22.4. The molecule has 0 unspecified atom stereocenters. The Balaban J connectivity index is 1.18. The number of carbonyl (C=O) groups excluding carboxylic acids is 1. The van der Waals surface area contributed by atoms with Gasteiger partial charge in [0.05, 0.1) is 16.6 Å².